The van der Waals surface area contributed by atoms with Crippen molar-refractivity contribution in [2.24, 2.45) is 0 Å². The lowest BCUT2D eigenvalue weighted by Gasteiger charge is -2.11. The van der Waals surface area contributed by atoms with E-state index in [1.165, 1.54) is 11.3 Å². The zero-order valence-corrected chi connectivity index (χ0v) is 8.83. The molecule has 0 saturated carbocycles. The average Bonchev–Trinajstić information content (AvgIpc) is 2.47. The second-order valence-corrected chi connectivity index (χ2v) is 2.97. The van der Waals surface area contributed by atoms with E-state index in [-0.39, 0.29) is 0 Å². The summed E-state index contributed by atoms with van der Waals surface area (Å²) in [4.78, 5) is 0. The summed E-state index contributed by atoms with van der Waals surface area (Å²) in [6.45, 7) is 6.17. The van der Waals surface area contributed by atoms with Crippen LogP contribution in [0.5, 0.6) is 0 Å². The maximum absolute atomic E-state index is 3.32. The predicted octanol–water partition coefficient (Wildman–Crippen LogP) is 2.73. The van der Waals surface area contributed by atoms with Gasteiger partial charge in [-0.1, -0.05) is 32.0 Å². The number of benzene rings is 1. The van der Waals surface area contributed by atoms with Crippen molar-refractivity contribution in [1.82, 2.24) is 5.43 Å². The molecule has 1 heterocycles. The Morgan fingerprint density at radius 2 is 1.85 bits per heavy atom. The highest BCUT2D eigenvalue weighted by molar-refractivity contribution is 5.57. The zero-order valence-electron chi connectivity index (χ0n) is 8.83. The van der Waals surface area contributed by atoms with E-state index in [1.807, 2.05) is 20.9 Å². The van der Waals surface area contributed by atoms with Crippen LogP contribution in [0.25, 0.3) is 0 Å². The molecule has 1 aliphatic rings. The van der Waals surface area contributed by atoms with Gasteiger partial charge in [-0.15, -0.1) is 0 Å². The minimum absolute atomic E-state index is 0.455. The number of rotatable bonds is 0. The summed E-state index contributed by atoms with van der Waals surface area (Å²) in [6, 6.07) is 8.89. The Morgan fingerprint density at radius 1 is 1.23 bits per heavy atom. The van der Waals surface area contributed by atoms with Gasteiger partial charge in [0.05, 0.1) is 11.7 Å². The molecule has 1 aliphatic heterocycles. The minimum Gasteiger partial charge on any atom is -0.311 e. The molecule has 0 radical (unpaired) electrons. The lowest BCUT2D eigenvalue weighted by molar-refractivity contribution is 0.616. The highest BCUT2D eigenvalue weighted by atomic mass is 15.5. The van der Waals surface area contributed by atoms with Gasteiger partial charge < -0.3 is 5.01 Å². The molecule has 13 heavy (non-hydrogen) atoms. The second-order valence-electron chi connectivity index (χ2n) is 2.97. The topological polar surface area (TPSA) is 15.3 Å². The summed E-state index contributed by atoms with van der Waals surface area (Å²) in [7, 11) is 2.04. The van der Waals surface area contributed by atoms with Crippen LogP contribution in [-0.4, -0.2) is 7.05 Å². The van der Waals surface area contributed by atoms with Crippen molar-refractivity contribution >= 4 is 5.69 Å². The van der Waals surface area contributed by atoms with Crippen LogP contribution in [0.2, 0.25) is 0 Å². The van der Waals surface area contributed by atoms with E-state index in [9.17, 15) is 0 Å². The molecule has 1 aromatic carbocycles. The standard InChI is InChI=1S/C9H12N2.C2H6/c1-7-8-5-3-4-6-9(8)11(2)10-7;1-2/h3-7,10H,1-2H3;1-2H3. The lowest BCUT2D eigenvalue weighted by atomic mass is 10.1. The third-order valence-corrected chi connectivity index (χ3v) is 2.15. The molecule has 2 nitrogen and oxygen atoms in total. The summed E-state index contributed by atoms with van der Waals surface area (Å²) in [6.07, 6.45) is 0. The Morgan fingerprint density at radius 3 is 2.46 bits per heavy atom. The lowest BCUT2D eigenvalue weighted by Crippen LogP contribution is -2.28. The molecule has 2 rings (SSSR count). The monoisotopic (exact) mass is 178 g/mol. The van der Waals surface area contributed by atoms with Crippen LogP contribution >= 0.6 is 0 Å². The molecule has 2 heteroatoms. The third kappa shape index (κ3) is 1.83. The fraction of sp³-hybridized carbons (Fsp3) is 0.455. The average molecular weight is 178 g/mol. The molecule has 0 aromatic heterocycles. The van der Waals surface area contributed by atoms with Gasteiger partial charge in [0.25, 0.3) is 0 Å². The number of hydrogen-bond acceptors (Lipinski definition) is 2. The maximum atomic E-state index is 3.32. The van der Waals surface area contributed by atoms with Gasteiger partial charge in [-0.3, -0.25) is 0 Å². The van der Waals surface area contributed by atoms with Gasteiger partial charge in [-0.2, -0.15) is 0 Å². The van der Waals surface area contributed by atoms with Crippen molar-refractivity contribution in [3.63, 3.8) is 0 Å². The summed E-state index contributed by atoms with van der Waals surface area (Å²) in [5.74, 6) is 0. The van der Waals surface area contributed by atoms with Crippen LogP contribution in [0.3, 0.4) is 0 Å². The van der Waals surface area contributed by atoms with E-state index in [0.717, 1.165) is 0 Å². The van der Waals surface area contributed by atoms with Gasteiger partial charge in [0.2, 0.25) is 0 Å². The molecule has 0 aliphatic carbocycles. The number of para-hydroxylation sites is 1. The van der Waals surface area contributed by atoms with Crippen LogP contribution in [-0.2, 0) is 0 Å². The quantitative estimate of drug-likeness (QED) is 0.657. The molecule has 0 fully saturated rings. The Bertz CT molecular complexity index is 244. The van der Waals surface area contributed by atoms with Gasteiger partial charge >= 0.3 is 0 Å². The SMILES string of the molecule is CC.CC1NN(C)c2ccccc21. The first-order valence-corrected chi connectivity index (χ1v) is 4.88. The first kappa shape index (κ1) is 10.1. The van der Waals surface area contributed by atoms with E-state index >= 15 is 0 Å². The molecule has 72 valence electrons. The van der Waals surface area contributed by atoms with Crippen LogP contribution in [0.15, 0.2) is 24.3 Å². The number of nitrogens with zero attached hydrogens (tertiary/aromatic N) is 1. The molecule has 0 saturated heterocycles. The van der Waals surface area contributed by atoms with Gasteiger partial charge in [-0.25, -0.2) is 5.43 Å². The fourth-order valence-corrected chi connectivity index (χ4v) is 1.59. The Labute approximate surface area is 80.5 Å². The molecule has 0 spiro atoms. The van der Waals surface area contributed by atoms with E-state index in [2.05, 4.69) is 41.6 Å². The Hall–Kier alpha value is -1.02. The molecular weight excluding hydrogens is 160 g/mol. The third-order valence-electron chi connectivity index (χ3n) is 2.15. The molecule has 0 bridgehead atoms. The van der Waals surface area contributed by atoms with Crippen molar-refractivity contribution < 1.29 is 0 Å². The molecule has 1 atom stereocenters. The number of nitrogens with one attached hydrogen (secondary N) is 1. The zero-order chi connectivity index (χ0) is 9.84. The van der Waals surface area contributed by atoms with Crippen molar-refractivity contribution in [2.45, 2.75) is 26.8 Å². The maximum Gasteiger partial charge on any atom is 0.0564 e. The second kappa shape index (κ2) is 4.28. The van der Waals surface area contributed by atoms with Crippen LogP contribution in [0, 0.1) is 0 Å². The van der Waals surface area contributed by atoms with E-state index in [1.54, 1.807) is 0 Å². The van der Waals surface area contributed by atoms with Gasteiger partial charge in [-0.05, 0) is 18.6 Å². The first-order valence-electron chi connectivity index (χ1n) is 4.88. The fourth-order valence-electron chi connectivity index (χ4n) is 1.59. The summed E-state index contributed by atoms with van der Waals surface area (Å²) in [5, 5.41) is 2.07. The van der Waals surface area contributed by atoms with E-state index < -0.39 is 0 Å². The predicted molar refractivity (Wildman–Crippen MR) is 57.7 cm³/mol. The van der Waals surface area contributed by atoms with Crippen molar-refractivity contribution in [3.8, 4) is 0 Å². The van der Waals surface area contributed by atoms with Crippen LogP contribution < -0.4 is 10.4 Å². The molecule has 0 amide bonds. The van der Waals surface area contributed by atoms with Crippen LogP contribution in [0.1, 0.15) is 32.4 Å². The molecule has 1 unspecified atom stereocenters. The largest absolute Gasteiger partial charge is 0.311 e. The van der Waals surface area contributed by atoms with Crippen LogP contribution in [0.4, 0.5) is 5.69 Å². The Kier molecular flexibility index (Phi) is 3.32. The van der Waals surface area contributed by atoms with Gasteiger partial charge in [0.15, 0.2) is 0 Å². The molecule has 1 N–H and O–H groups in total. The summed E-state index contributed by atoms with van der Waals surface area (Å²) >= 11 is 0. The summed E-state index contributed by atoms with van der Waals surface area (Å²) < 4.78 is 0. The van der Waals surface area contributed by atoms with E-state index in [0.29, 0.717) is 6.04 Å². The van der Waals surface area contributed by atoms with Gasteiger partial charge in [0.1, 0.15) is 0 Å². The number of hydrazine groups is 1. The number of anilines is 1. The first-order chi connectivity index (χ1) is 6.29. The molecule has 1 aromatic rings. The highest BCUT2D eigenvalue weighted by Crippen LogP contribution is 2.30. The van der Waals surface area contributed by atoms with Crippen molar-refractivity contribution in [3.05, 3.63) is 29.8 Å². The summed E-state index contributed by atoms with van der Waals surface area (Å²) in [5.41, 5.74) is 5.99. The molecular formula is C11H18N2. The minimum atomic E-state index is 0.455. The smallest absolute Gasteiger partial charge is 0.0564 e. The number of fused-ring (bicyclic) bond motifs is 1. The Balaban J connectivity index is 0.000000396. The highest BCUT2D eigenvalue weighted by Gasteiger charge is 2.20. The van der Waals surface area contributed by atoms with Crippen molar-refractivity contribution in [1.29, 1.82) is 0 Å². The van der Waals surface area contributed by atoms with E-state index in [4.69, 9.17) is 0 Å². The van der Waals surface area contributed by atoms with Crippen molar-refractivity contribution in [2.75, 3.05) is 12.1 Å². The number of hydrogen-bond donors (Lipinski definition) is 1. The van der Waals surface area contributed by atoms with Gasteiger partial charge in [0, 0.05) is 7.05 Å². The normalized spacial score (nSPS) is 19.1.